The van der Waals surface area contributed by atoms with Crippen LogP contribution in [0, 0.1) is 107 Å². The molecule has 22 heteroatoms. The minimum absolute atomic E-state index is 0. The van der Waals surface area contributed by atoms with Gasteiger partial charge in [-0.1, -0.05) is 206 Å². The van der Waals surface area contributed by atoms with Gasteiger partial charge in [0.2, 0.25) is 35.2 Å². The van der Waals surface area contributed by atoms with Gasteiger partial charge in [-0.2, -0.15) is 0 Å². The first-order valence-electron chi connectivity index (χ1n) is 41.5. The van der Waals surface area contributed by atoms with E-state index in [1.807, 2.05) is 113 Å². The molecule has 2 saturated heterocycles. The Kier molecular flexibility index (Phi) is 28.1. The van der Waals surface area contributed by atoms with Crippen LogP contribution < -0.4 is 27.8 Å². The first-order valence-corrected chi connectivity index (χ1v) is 41.5. The maximum absolute atomic E-state index is 15.1. The van der Waals surface area contributed by atoms with Gasteiger partial charge in [0, 0.05) is 99.2 Å². The molecule has 0 aromatic heterocycles. The molecule has 8 fully saturated rings. The monoisotopic (exact) mass is 1570 g/mol. The van der Waals surface area contributed by atoms with Gasteiger partial charge < -0.3 is 42.4 Å². The highest BCUT2D eigenvalue weighted by Crippen LogP contribution is 2.89. The van der Waals surface area contributed by atoms with Gasteiger partial charge in [0.05, 0.1) is 29.5 Å². The first-order chi connectivity index (χ1) is 50.5. The molecule has 0 bridgehead atoms. The molecule has 6 saturated carbocycles. The minimum atomic E-state index is -1.05. The molecule has 21 nitrogen and oxygen atoms in total. The van der Waals surface area contributed by atoms with Crippen molar-refractivity contribution >= 4 is 88.5 Å². The lowest BCUT2D eigenvalue weighted by Gasteiger charge is -2.36. The lowest BCUT2D eigenvalue weighted by atomic mass is 9.73. The van der Waals surface area contributed by atoms with Crippen molar-refractivity contribution in [3.05, 3.63) is 35.9 Å². The third-order valence-corrected chi connectivity index (χ3v) is 29.7. The number of Topliss-reactive ketones (excluding diaryl/α,β-unsaturated/α-hetero) is 6. The van der Waals surface area contributed by atoms with Gasteiger partial charge in [0.15, 0.2) is 11.6 Å². The molecule has 2 unspecified atom stereocenters. The van der Waals surface area contributed by atoms with Crippen LogP contribution in [0.15, 0.2) is 30.3 Å². The second-order valence-electron chi connectivity index (χ2n) is 42.1. The Bertz CT molecular complexity index is 3660. The Hall–Kier alpha value is -6.22. The maximum Gasteiger partial charge on any atom is 0.307 e. The van der Waals surface area contributed by atoms with Gasteiger partial charge in [-0.25, -0.2) is 0 Å². The van der Waals surface area contributed by atoms with Crippen LogP contribution >= 0.6 is 12.4 Å². The Morgan fingerprint density at radius 2 is 0.847 bits per heavy atom. The van der Waals surface area contributed by atoms with Crippen molar-refractivity contribution in [3.8, 4) is 0 Å². The highest BCUT2D eigenvalue weighted by atomic mass is 35.5. The lowest BCUT2D eigenvalue weighted by Crippen LogP contribution is -2.51. The predicted molar refractivity (Wildman–Crippen MR) is 430 cm³/mol. The van der Waals surface area contributed by atoms with E-state index < -0.39 is 86.9 Å². The van der Waals surface area contributed by atoms with Crippen LogP contribution in [0.5, 0.6) is 0 Å². The zero-order valence-corrected chi connectivity index (χ0v) is 72.0. The molecular weight excluding hydrogens is 1430 g/mol. The number of fused-ring (bicyclic) bond motifs is 2. The largest absolute Gasteiger partial charge is 0.461 e. The van der Waals surface area contributed by atoms with Crippen LogP contribution in [0.25, 0.3) is 0 Å². The topological polar surface area (TPSA) is 340 Å². The number of rotatable bonds is 34. The van der Waals surface area contributed by atoms with Crippen LogP contribution in [0.3, 0.4) is 0 Å². The number of ether oxygens (including phenoxy) is 1. The fourth-order valence-electron chi connectivity index (χ4n) is 20.8. The minimum Gasteiger partial charge on any atom is -0.461 e. The number of nitrogens with one attached hydrogen (secondary N) is 2. The zero-order chi connectivity index (χ0) is 82.5. The second-order valence-corrected chi connectivity index (χ2v) is 42.1. The average molecular weight is 1570 g/mol. The van der Waals surface area contributed by atoms with E-state index in [1.165, 1.54) is 0 Å². The SMILES string of the molecule is CC(C)(CC(=O)OCc1ccccc1)C(=O)NC[C@@H](CC(=O)C[C@H](C(=O)N1C[C@]2(C[C@H]1C(=O)CC(CC1CCC1)C(=O)C(N)=O)C(C)(C)C21CCC1)C(C)(C)C)C(C)(C)C.CC(C)(N)C(=O)NC[C@@H](CC(=O)C[C@H](C(=O)N1C[C@]2(C[C@H]1C(=O)CC(CC1CCC1)C(=O)C(N)=O)C(C)(C)C21CCC1)C(C)(C)C)C(C)(C)C.Cl. The number of hydrogen-bond acceptors (Lipinski definition) is 15. The number of benzene rings is 1. The van der Waals surface area contributed by atoms with Crippen LogP contribution in [-0.4, -0.2) is 130 Å². The van der Waals surface area contributed by atoms with Gasteiger partial charge in [-0.05, 0) is 138 Å². The Labute approximate surface area is 669 Å². The van der Waals surface area contributed by atoms with Crippen molar-refractivity contribution in [2.45, 2.75) is 310 Å². The summed E-state index contributed by atoms with van der Waals surface area (Å²) in [6.07, 6.45) is 14.4. The number of amides is 6. The van der Waals surface area contributed by atoms with E-state index in [0.29, 0.717) is 44.7 Å². The van der Waals surface area contributed by atoms with Crippen molar-refractivity contribution in [2.24, 2.45) is 124 Å². The molecule has 1 aromatic carbocycles. The van der Waals surface area contributed by atoms with E-state index in [9.17, 15) is 57.5 Å². The number of esters is 1. The highest BCUT2D eigenvalue weighted by Gasteiger charge is 2.86. The molecule has 1 aromatic rings. The second kappa shape index (κ2) is 33.9. The number of halogens is 1. The number of nitrogens with two attached hydrogens (primary N) is 3. The molecule has 622 valence electrons. The normalized spacial score (nSPS) is 24.4. The van der Waals surface area contributed by atoms with Crippen LogP contribution in [-0.2, 0) is 73.7 Å². The summed E-state index contributed by atoms with van der Waals surface area (Å²) in [5.74, 6) is -8.34. The molecule has 2 heterocycles. The molecule has 8 aliphatic rings. The van der Waals surface area contributed by atoms with Gasteiger partial charge >= 0.3 is 5.97 Å². The third-order valence-electron chi connectivity index (χ3n) is 29.7. The summed E-state index contributed by atoms with van der Waals surface area (Å²) in [5.41, 5.74) is 13.4. The van der Waals surface area contributed by atoms with Crippen LogP contribution in [0.2, 0.25) is 0 Å². The van der Waals surface area contributed by atoms with Crippen molar-refractivity contribution in [1.82, 2.24) is 20.4 Å². The molecule has 9 rings (SSSR count). The summed E-state index contributed by atoms with van der Waals surface area (Å²) in [5, 5.41) is 5.92. The molecule has 6 aliphatic carbocycles. The maximum atomic E-state index is 15.1. The van der Waals surface area contributed by atoms with E-state index in [1.54, 1.807) is 37.5 Å². The zero-order valence-electron chi connectivity index (χ0n) is 71.2. The Morgan fingerprint density at radius 3 is 1.14 bits per heavy atom. The van der Waals surface area contributed by atoms with E-state index in [-0.39, 0.29) is 185 Å². The molecule has 2 aliphatic heterocycles. The molecule has 8 N–H and O–H groups in total. The van der Waals surface area contributed by atoms with Gasteiger partial charge in [-0.3, -0.25) is 62.3 Å². The molecule has 10 atom stereocenters. The number of hydrogen-bond donors (Lipinski definition) is 5. The van der Waals surface area contributed by atoms with Crippen molar-refractivity contribution in [3.63, 3.8) is 0 Å². The number of likely N-dealkylation sites (tertiary alicyclic amines) is 2. The number of ketones is 6. The number of primary amides is 2. The lowest BCUT2D eigenvalue weighted by molar-refractivity contribution is -0.150. The number of nitrogens with zero attached hydrogens (tertiary/aromatic N) is 2. The molecule has 0 radical (unpaired) electrons. The quantitative estimate of drug-likeness (QED) is 0.0316. The van der Waals surface area contributed by atoms with Crippen molar-refractivity contribution in [2.75, 3.05) is 26.2 Å². The standard InChI is InChI=1S/C49H73N3O8.C40H66N4O6.ClH/c1-44(2,3)34(28-51-43(59)46(7,8)27-39(55)60-29-32-16-12-11-13-17-32)24-35(53)25-36(45(4,5)6)42(58)52-30-49(47(9,10)48(49)20-15-21-48)26-37(52)38(54)23-33(40(56)41(50)57)22-31-18-14-19-31;1-35(2,3)26(22-43-34(50)37(7,8)42)19-27(45)20-28(36(4,5)6)33(49)44-23-40(38(9,10)39(40)15-12-16-39)21-29(44)30(46)18-25(31(47)32(41)48)17-24-13-11-14-24;/h11-13,16-17,31,33-34,36-37H,14-15,18-30H2,1-10H3,(H2,50,57)(H,51,59);24-26,28-29H,11-23,42H2,1-10H3,(H2,41,48)(H,43,50);1H/t33?,34-,36-,37+,49-;25?,26-,28-,29+,40-;/m11./s1. The number of carbonyl (C=O) groups is 13. The average Bonchev–Trinajstić information content (AvgIpc) is 1.46. The Balaban J connectivity index is 0.000000311. The van der Waals surface area contributed by atoms with E-state index >= 15 is 4.79 Å². The van der Waals surface area contributed by atoms with E-state index in [0.717, 1.165) is 82.6 Å². The summed E-state index contributed by atoms with van der Waals surface area (Å²) in [4.78, 5) is 179. The summed E-state index contributed by atoms with van der Waals surface area (Å²) in [7, 11) is 0. The molecule has 4 spiro atoms. The molecule has 111 heavy (non-hydrogen) atoms. The van der Waals surface area contributed by atoms with E-state index in [4.69, 9.17) is 21.9 Å². The third kappa shape index (κ3) is 19.3. The molecular formula is C89H140ClN7O14. The fraction of sp³-hybridized carbons (Fsp3) is 0.787. The Morgan fingerprint density at radius 1 is 0.486 bits per heavy atom. The van der Waals surface area contributed by atoms with Crippen molar-refractivity contribution in [1.29, 1.82) is 0 Å². The van der Waals surface area contributed by atoms with Gasteiger partial charge in [-0.15, -0.1) is 12.4 Å². The summed E-state index contributed by atoms with van der Waals surface area (Å²) in [6, 6.07) is 7.87. The van der Waals surface area contributed by atoms with E-state index in [2.05, 4.69) is 38.3 Å². The first kappa shape index (κ1) is 92.0. The van der Waals surface area contributed by atoms with Gasteiger partial charge in [0.1, 0.15) is 18.2 Å². The summed E-state index contributed by atoms with van der Waals surface area (Å²) >= 11 is 0. The molecule has 6 amide bonds. The summed E-state index contributed by atoms with van der Waals surface area (Å²) < 4.78 is 5.44. The van der Waals surface area contributed by atoms with Crippen LogP contribution in [0.4, 0.5) is 0 Å². The van der Waals surface area contributed by atoms with Crippen molar-refractivity contribution < 1.29 is 67.1 Å². The summed E-state index contributed by atoms with van der Waals surface area (Å²) in [6.45, 7) is 41.1. The number of carbonyl (C=O) groups excluding carboxylic acids is 13. The highest BCUT2D eigenvalue weighted by molar-refractivity contribution is 6.37. The van der Waals surface area contributed by atoms with Crippen LogP contribution in [0.1, 0.15) is 292 Å². The van der Waals surface area contributed by atoms with Gasteiger partial charge in [0.25, 0.3) is 11.8 Å². The fourth-order valence-corrected chi connectivity index (χ4v) is 20.8. The smallest absolute Gasteiger partial charge is 0.307 e. The predicted octanol–water partition coefficient (Wildman–Crippen LogP) is 13.1.